The Bertz CT molecular complexity index is 648. The van der Waals surface area contributed by atoms with Gasteiger partial charge < -0.3 is 16.8 Å². The van der Waals surface area contributed by atoms with E-state index in [-0.39, 0.29) is 17.3 Å². The van der Waals surface area contributed by atoms with Gasteiger partial charge in [-0.1, -0.05) is 0 Å². The van der Waals surface area contributed by atoms with Gasteiger partial charge in [0.1, 0.15) is 11.5 Å². The van der Waals surface area contributed by atoms with Crippen LogP contribution in [0.4, 0.5) is 21.6 Å². The Morgan fingerprint density at radius 2 is 2.05 bits per heavy atom. The molecule has 0 bridgehead atoms. The standard InChI is InChI=1S/C12H10BrFN4O/c13-7-5-6(14)1-3-9(7)17-12-8(15)2-4-10(18-12)11(16)19/h1-5H,15H2,(H2,16,19)(H,17,18). The van der Waals surface area contributed by atoms with Crippen molar-refractivity contribution in [2.24, 2.45) is 5.73 Å². The quantitative estimate of drug-likeness (QED) is 0.808. The zero-order chi connectivity index (χ0) is 14.0. The van der Waals surface area contributed by atoms with Crippen LogP contribution in [0.5, 0.6) is 0 Å². The number of nitrogens with one attached hydrogen (secondary N) is 1. The Balaban J connectivity index is 2.37. The Labute approximate surface area is 116 Å². The molecule has 0 unspecified atom stereocenters. The van der Waals surface area contributed by atoms with Crippen LogP contribution in [0.3, 0.4) is 0 Å². The van der Waals surface area contributed by atoms with Gasteiger partial charge in [-0.3, -0.25) is 4.79 Å². The van der Waals surface area contributed by atoms with Gasteiger partial charge >= 0.3 is 0 Å². The molecule has 2 aromatic rings. The zero-order valence-electron chi connectivity index (χ0n) is 9.65. The Morgan fingerprint density at radius 1 is 1.32 bits per heavy atom. The summed E-state index contributed by atoms with van der Waals surface area (Å²) in [6.07, 6.45) is 0. The molecular weight excluding hydrogens is 315 g/mol. The number of carbonyl (C=O) groups excluding carboxylic acids is 1. The smallest absolute Gasteiger partial charge is 0.267 e. The first-order chi connectivity index (χ1) is 8.97. The van der Waals surface area contributed by atoms with Crippen molar-refractivity contribution in [2.75, 3.05) is 11.1 Å². The molecule has 5 nitrogen and oxygen atoms in total. The first-order valence-electron chi connectivity index (χ1n) is 5.26. The maximum absolute atomic E-state index is 13.0. The molecule has 0 aliphatic carbocycles. The molecule has 19 heavy (non-hydrogen) atoms. The summed E-state index contributed by atoms with van der Waals surface area (Å²) in [4.78, 5) is 15.1. The highest BCUT2D eigenvalue weighted by molar-refractivity contribution is 9.10. The summed E-state index contributed by atoms with van der Waals surface area (Å²) in [5.41, 5.74) is 11.9. The van der Waals surface area contributed by atoms with Crippen LogP contribution in [0, 0.1) is 5.82 Å². The van der Waals surface area contributed by atoms with E-state index in [2.05, 4.69) is 26.2 Å². The maximum Gasteiger partial charge on any atom is 0.267 e. The van der Waals surface area contributed by atoms with Gasteiger partial charge in [0, 0.05) is 4.47 Å². The summed E-state index contributed by atoms with van der Waals surface area (Å²) in [6, 6.07) is 7.07. The minimum Gasteiger partial charge on any atom is -0.396 e. The highest BCUT2D eigenvalue weighted by Crippen LogP contribution is 2.28. The number of nitrogen functional groups attached to an aromatic ring is 1. The highest BCUT2D eigenvalue weighted by Gasteiger charge is 2.09. The predicted octanol–water partition coefficient (Wildman–Crippen LogP) is 2.41. The Hall–Kier alpha value is -2.15. The van der Waals surface area contributed by atoms with Crippen LogP contribution in [-0.4, -0.2) is 10.9 Å². The van der Waals surface area contributed by atoms with Crippen molar-refractivity contribution < 1.29 is 9.18 Å². The summed E-state index contributed by atoms with van der Waals surface area (Å²) in [7, 11) is 0. The fourth-order valence-corrected chi connectivity index (χ4v) is 1.88. The summed E-state index contributed by atoms with van der Waals surface area (Å²) in [6.45, 7) is 0. The molecular formula is C12H10BrFN4O. The number of aromatic nitrogens is 1. The second kappa shape index (κ2) is 5.23. The van der Waals surface area contributed by atoms with Crippen LogP contribution in [-0.2, 0) is 0 Å². The second-order valence-corrected chi connectivity index (χ2v) is 4.60. The highest BCUT2D eigenvalue weighted by atomic mass is 79.9. The van der Waals surface area contributed by atoms with Crippen LogP contribution < -0.4 is 16.8 Å². The van der Waals surface area contributed by atoms with E-state index in [0.29, 0.717) is 15.8 Å². The normalized spacial score (nSPS) is 10.2. The van der Waals surface area contributed by atoms with Crippen molar-refractivity contribution >= 4 is 39.0 Å². The molecule has 0 saturated heterocycles. The number of hydrogen-bond donors (Lipinski definition) is 3. The molecule has 0 saturated carbocycles. The molecule has 1 aromatic carbocycles. The number of carbonyl (C=O) groups is 1. The van der Waals surface area contributed by atoms with Gasteiger partial charge in [-0.05, 0) is 46.3 Å². The molecule has 0 atom stereocenters. The van der Waals surface area contributed by atoms with Gasteiger partial charge in [0.25, 0.3) is 5.91 Å². The fourth-order valence-electron chi connectivity index (χ4n) is 1.43. The number of pyridine rings is 1. The summed E-state index contributed by atoms with van der Waals surface area (Å²) < 4.78 is 13.5. The molecule has 1 amide bonds. The minimum absolute atomic E-state index is 0.0925. The third kappa shape index (κ3) is 3.00. The van der Waals surface area contributed by atoms with Crippen molar-refractivity contribution in [1.29, 1.82) is 0 Å². The largest absolute Gasteiger partial charge is 0.396 e. The van der Waals surface area contributed by atoms with Crippen molar-refractivity contribution in [3.05, 3.63) is 46.3 Å². The van der Waals surface area contributed by atoms with E-state index >= 15 is 0 Å². The lowest BCUT2D eigenvalue weighted by Crippen LogP contribution is -2.14. The lowest BCUT2D eigenvalue weighted by molar-refractivity contribution is 0.0996. The van der Waals surface area contributed by atoms with Crippen molar-refractivity contribution in [2.45, 2.75) is 0 Å². The average Bonchev–Trinajstić information content (AvgIpc) is 2.34. The molecule has 0 radical (unpaired) electrons. The molecule has 5 N–H and O–H groups in total. The molecule has 0 spiro atoms. The van der Waals surface area contributed by atoms with Crippen molar-refractivity contribution in [3.8, 4) is 0 Å². The third-order valence-electron chi connectivity index (χ3n) is 2.36. The first kappa shape index (κ1) is 13.3. The predicted molar refractivity (Wildman–Crippen MR) is 74.5 cm³/mol. The lowest BCUT2D eigenvalue weighted by Gasteiger charge is -2.10. The Kier molecular flexibility index (Phi) is 3.66. The van der Waals surface area contributed by atoms with E-state index in [0.717, 1.165) is 0 Å². The number of amides is 1. The molecule has 2 rings (SSSR count). The van der Waals surface area contributed by atoms with Gasteiger partial charge in [0.15, 0.2) is 5.82 Å². The molecule has 7 heteroatoms. The SMILES string of the molecule is NC(=O)c1ccc(N)c(Nc2ccc(F)cc2Br)n1. The number of benzene rings is 1. The molecule has 0 aliphatic rings. The van der Waals surface area contributed by atoms with Crippen molar-refractivity contribution in [3.63, 3.8) is 0 Å². The topological polar surface area (TPSA) is 94.0 Å². The van der Waals surface area contributed by atoms with Gasteiger partial charge in [-0.25, -0.2) is 9.37 Å². The fraction of sp³-hybridized carbons (Fsp3) is 0. The Morgan fingerprint density at radius 3 is 2.68 bits per heavy atom. The van der Waals surface area contributed by atoms with E-state index in [1.807, 2.05) is 0 Å². The summed E-state index contributed by atoms with van der Waals surface area (Å²) in [5, 5.41) is 2.91. The molecule has 0 fully saturated rings. The van der Waals surface area contributed by atoms with E-state index < -0.39 is 5.91 Å². The molecule has 0 aliphatic heterocycles. The van der Waals surface area contributed by atoms with Gasteiger partial charge in [0.05, 0.1) is 11.4 Å². The number of nitrogens with two attached hydrogens (primary N) is 2. The second-order valence-electron chi connectivity index (χ2n) is 3.75. The maximum atomic E-state index is 13.0. The lowest BCUT2D eigenvalue weighted by atomic mass is 10.2. The molecule has 98 valence electrons. The summed E-state index contributed by atoms with van der Waals surface area (Å²) in [5.74, 6) is -0.742. The first-order valence-corrected chi connectivity index (χ1v) is 6.05. The minimum atomic E-state index is -0.652. The number of primary amides is 1. The third-order valence-corrected chi connectivity index (χ3v) is 3.02. The zero-order valence-corrected chi connectivity index (χ0v) is 11.2. The van der Waals surface area contributed by atoms with Crippen LogP contribution in [0.1, 0.15) is 10.5 Å². The molecule has 1 aromatic heterocycles. The average molecular weight is 325 g/mol. The monoisotopic (exact) mass is 324 g/mol. The van der Waals surface area contributed by atoms with Gasteiger partial charge in [0.2, 0.25) is 0 Å². The van der Waals surface area contributed by atoms with E-state index in [1.165, 1.54) is 30.3 Å². The van der Waals surface area contributed by atoms with Crippen molar-refractivity contribution in [1.82, 2.24) is 4.98 Å². The van der Waals surface area contributed by atoms with Gasteiger partial charge in [-0.15, -0.1) is 0 Å². The number of rotatable bonds is 3. The van der Waals surface area contributed by atoms with E-state index in [4.69, 9.17) is 11.5 Å². The molecule has 1 heterocycles. The number of nitrogens with zero attached hydrogens (tertiary/aromatic N) is 1. The number of halogens is 2. The van der Waals surface area contributed by atoms with Crippen LogP contribution >= 0.6 is 15.9 Å². The van der Waals surface area contributed by atoms with Crippen LogP contribution in [0.15, 0.2) is 34.8 Å². The van der Waals surface area contributed by atoms with Crippen LogP contribution in [0.25, 0.3) is 0 Å². The number of hydrogen-bond acceptors (Lipinski definition) is 4. The van der Waals surface area contributed by atoms with Crippen LogP contribution in [0.2, 0.25) is 0 Å². The van der Waals surface area contributed by atoms with E-state index in [9.17, 15) is 9.18 Å². The summed E-state index contributed by atoms with van der Waals surface area (Å²) >= 11 is 3.21. The number of anilines is 3. The van der Waals surface area contributed by atoms with E-state index in [1.54, 1.807) is 0 Å². The van der Waals surface area contributed by atoms with Gasteiger partial charge in [-0.2, -0.15) is 0 Å².